The van der Waals surface area contributed by atoms with E-state index in [1.807, 2.05) is 13.8 Å². The Hall–Kier alpha value is -2.15. The summed E-state index contributed by atoms with van der Waals surface area (Å²) in [4.78, 5) is 18.8. The first-order valence-electron chi connectivity index (χ1n) is 8.64. The lowest BCUT2D eigenvalue weighted by Gasteiger charge is -2.33. The molecule has 0 amide bonds. The number of hydrogen-bond acceptors (Lipinski definition) is 5. The van der Waals surface area contributed by atoms with Gasteiger partial charge in [0, 0.05) is 55.9 Å². The number of aromatic amines is 1. The predicted molar refractivity (Wildman–Crippen MR) is 94.3 cm³/mol. The van der Waals surface area contributed by atoms with Crippen molar-refractivity contribution < 1.29 is 0 Å². The van der Waals surface area contributed by atoms with Crippen molar-refractivity contribution in [3.05, 3.63) is 39.7 Å². The third kappa shape index (κ3) is 3.36. The molecule has 0 saturated carbocycles. The summed E-state index contributed by atoms with van der Waals surface area (Å²) in [5.41, 5.74) is 3.46. The predicted octanol–water partition coefficient (Wildman–Crippen LogP) is 1.36. The van der Waals surface area contributed by atoms with Crippen LogP contribution in [0.2, 0.25) is 0 Å². The van der Waals surface area contributed by atoms with Gasteiger partial charge in [0.2, 0.25) is 0 Å². The summed E-state index contributed by atoms with van der Waals surface area (Å²) in [6.07, 6.45) is 5.49. The number of nitrogens with one attached hydrogen (secondary N) is 2. The second kappa shape index (κ2) is 7.17. The molecule has 0 radical (unpaired) electrons. The summed E-state index contributed by atoms with van der Waals surface area (Å²) in [5.74, 6) is 0.583. The monoisotopic (exact) mass is 330 g/mol. The Morgan fingerprint density at radius 2 is 2.08 bits per heavy atom. The van der Waals surface area contributed by atoms with Gasteiger partial charge in [-0.1, -0.05) is 0 Å². The van der Waals surface area contributed by atoms with Crippen molar-refractivity contribution >= 4 is 5.82 Å². The molecule has 0 atom stereocenters. The lowest BCUT2D eigenvalue weighted by atomic mass is 10.0. The number of nitrogens with zero attached hydrogens (tertiary/aromatic N) is 4. The highest BCUT2D eigenvalue weighted by Gasteiger charge is 2.22. The molecule has 1 saturated heterocycles. The van der Waals surface area contributed by atoms with Gasteiger partial charge < -0.3 is 14.8 Å². The maximum atomic E-state index is 12.4. The third-order valence-electron chi connectivity index (χ3n) is 4.88. The van der Waals surface area contributed by atoms with Crippen LogP contribution in [-0.4, -0.2) is 38.9 Å². The van der Waals surface area contributed by atoms with Crippen LogP contribution in [0.4, 0.5) is 5.82 Å². The molecular weight excluding hydrogens is 304 g/mol. The minimum atomic E-state index is 0.0102. The Morgan fingerprint density at radius 3 is 2.71 bits per heavy atom. The van der Waals surface area contributed by atoms with Crippen LogP contribution in [0.15, 0.2) is 17.2 Å². The lowest BCUT2D eigenvalue weighted by molar-refractivity contribution is 0.411. The lowest BCUT2D eigenvalue weighted by Crippen LogP contribution is -2.44. The molecule has 1 fully saturated rings. The molecule has 0 bridgehead atoms. The second-order valence-electron chi connectivity index (χ2n) is 6.40. The number of piperidine rings is 1. The van der Waals surface area contributed by atoms with Gasteiger partial charge in [-0.15, -0.1) is 0 Å². The normalized spacial score (nSPS) is 15.9. The molecular formula is C17H26N6O. The number of aromatic nitrogens is 4. The maximum absolute atomic E-state index is 12.4. The van der Waals surface area contributed by atoms with Gasteiger partial charge in [0.05, 0.1) is 5.69 Å². The fraction of sp³-hybridized carbons (Fsp3) is 0.588. The van der Waals surface area contributed by atoms with E-state index in [2.05, 4.69) is 32.3 Å². The van der Waals surface area contributed by atoms with Crippen molar-refractivity contribution in [1.29, 1.82) is 0 Å². The molecule has 0 aromatic carbocycles. The van der Waals surface area contributed by atoms with Gasteiger partial charge in [0.1, 0.15) is 0 Å². The van der Waals surface area contributed by atoms with Gasteiger partial charge in [0.15, 0.2) is 5.82 Å². The van der Waals surface area contributed by atoms with Crippen molar-refractivity contribution in [1.82, 2.24) is 25.1 Å². The van der Waals surface area contributed by atoms with Crippen LogP contribution in [0, 0.1) is 13.8 Å². The largest absolute Gasteiger partial charge is 0.352 e. The molecule has 0 spiro atoms. The van der Waals surface area contributed by atoms with Crippen LogP contribution in [0.3, 0.4) is 0 Å². The fourth-order valence-corrected chi connectivity index (χ4v) is 3.28. The standard InChI is InChI=1S/C17H26N6O/c1-4-22-10-7-18-16(17(22)24)23-8-5-14(6-9-23)19-11-15-12(2)20-21-13(15)3/h7,10,14,19H,4-6,8-9,11H2,1-3H3,(H,20,21). The van der Waals surface area contributed by atoms with Crippen molar-refractivity contribution in [2.75, 3.05) is 18.0 Å². The Balaban J connectivity index is 1.57. The number of anilines is 1. The Labute approximate surface area is 142 Å². The van der Waals surface area contributed by atoms with Crippen molar-refractivity contribution in [2.45, 2.75) is 52.7 Å². The SMILES string of the molecule is CCn1ccnc(N2CCC(NCc3c(C)n[nH]c3C)CC2)c1=O. The van der Waals surface area contributed by atoms with Crippen molar-refractivity contribution in [3.63, 3.8) is 0 Å². The molecule has 7 heteroatoms. The molecule has 1 aliphatic rings. The minimum Gasteiger partial charge on any atom is -0.352 e. The van der Waals surface area contributed by atoms with E-state index in [1.54, 1.807) is 17.0 Å². The summed E-state index contributed by atoms with van der Waals surface area (Å²) in [5, 5.41) is 10.9. The highest BCUT2D eigenvalue weighted by molar-refractivity contribution is 5.36. The van der Waals surface area contributed by atoms with Crippen molar-refractivity contribution in [3.8, 4) is 0 Å². The molecule has 130 valence electrons. The molecule has 3 heterocycles. The average Bonchev–Trinajstić information content (AvgIpc) is 2.92. The van der Waals surface area contributed by atoms with Crippen LogP contribution in [0.1, 0.15) is 36.7 Å². The summed E-state index contributed by atoms with van der Waals surface area (Å²) in [7, 11) is 0. The summed E-state index contributed by atoms with van der Waals surface area (Å²) < 4.78 is 1.71. The van der Waals surface area contributed by atoms with E-state index >= 15 is 0 Å². The van der Waals surface area contributed by atoms with Gasteiger partial charge in [-0.25, -0.2) is 4.98 Å². The van der Waals surface area contributed by atoms with Gasteiger partial charge in [0.25, 0.3) is 5.56 Å². The Morgan fingerprint density at radius 1 is 1.33 bits per heavy atom. The molecule has 0 aliphatic carbocycles. The van der Waals surface area contributed by atoms with E-state index in [9.17, 15) is 4.79 Å². The highest BCUT2D eigenvalue weighted by Crippen LogP contribution is 2.16. The first-order chi connectivity index (χ1) is 11.6. The van der Waals surface area contributed by atoms with Crippen molar-refractivity contribution in [2.24, 2.45) is 0 Å². The second-order valence-corrected chi connectivity index (χ2v) is 6.40. The molecule has 7 nitrogen and oxygen atoms in total. The average molecular weight is 330 g/mol. The zero-order valence-electron chi connectivity index (χ0n) is 14.7. The van der Waals surface area contributed by atoms with E-state index < -0.39 is 0 Å². The van der Waals surface area contributed by atoms with Crippen LogP contribution in [-0.2, 0) is 13.1 Å². The van der Waals surface area contributed by atoms with E-state index in [0.717, 1.165) is 43.9 Å². The Bertz CT molecular complexity index is 722. The van der Waals surface area contributed by atoms with Gasteiger partial charge in [-0.05, 0) is 33.6 Å². The van der Waals surface area contributed by atoms with Crippen LogP contribution in [0.5, 0.6) is 0 Å². The van der Waals surface area contributed by atoms with E-state index in [1.165, 1.54) is 5.56 Å². The molecule has 2 aromatic heterocycles. The van der Waals surface area contributed by atoms with E-state index in [4.69, 9.17) is 0 Å². The number of hydrogen-bond donors (Lipinski definition) is 2. The minimum absolute atomic E-state index is 0.0102. The molecule has 0 unspecified atom stereocenters. The topological polar surface area (TPSA) is 78.8 Å². The molecule has 2 N–H and O–H groups in total. The zero-order valence-corrected chi connectivity index (χ0v) is 14.7. The summed E-state index contributed by atoms with van der Waals surface area (Å²) >= 11 is 0. The highest BCUT2D eigenvalue weighted by atomic mass is 16.1. The third-order valence-corrected chi connectivity index (χ3v) is 4.88. The van der Waals surface area contributed by atoms with Crippen LogP contribution < -0.4 is 15.8 Å². The smallest absolute Gasteiger partial charge is 0.293 e. The Kier molecular flexibility index (Phi) is 4.99. The number of rotatable bonds is 5. The van der Waals surface area contributed by atoms with Crippen LogP contribution in [0.25, 0.3) is 0 Å². The summed E-state index contributed by atoms with van der Waals surface area (Å²) in [6, 6.07) is 0.465. The molecule has 3 rings (SSSR count). The number of H-pyrrole nitrogens is 1. The number of aryl methyl sites for hydroxylation is 3. The van der Waals surface area contributed by atoms with Gasteiger partial charge in [-0.2, -0.15) is 5.10 Å². The van der Waals surface area contributed by atoms with Crippen LogP contribution >= 0.6 is 0 Å². The first-order valence-corrected chi connectivity index (χ1v) is 8.64. The van der Waals surface area contributed by atoms with E-state index in [-0.39, 0.29) is 5.56 Å². The maximum Gasteiger partial charge on any atom is 0.293 e. The molecule has 24 heavy (non-hydrogen) atoms. The van der Waals surface area contributed by atoms with Gasteiger partial charge >= 0.3 is 0 Å². The molecule has 1 aliphatic heterocycles. The molecule has 2 aromatic rings. The van der Waals surface area contributed by atoms with E-state index in [0.29, 0.717) is 18.4 Å². The van der Waals surface area contributed by atoms with Gasteiger partial charge in [-0.3, -0.25) is 9.89 Å². The zero-order chi connectivity index (χ0) is 17.1. The quantitative estimate of drug-likeness (QED) is 0.865. The first kappa shape index (κ1) is 16.7. The fourth-order valence-electron chi connectivity index (χ4n) is 3.28. The summed E-state index contributed by atoms with van der Waals surface area (Å²) in [6.45, 7) is 9.29.